The Balaban J connectivity index is 1.31. The summed E-state index contributed by atoms with van der Waals surface area (Å²) in [4.78, 5) is 12.1. The van der Waals surface area contributed by atoms with Crippen LogP contribution >= 0.6 is 0 Å². The second-order valence-electron chi connectivity index (χ2n) is 7.16. The van der Waals surface area contributed by atoms with E-state index in [0.29, 0.717) is 19.1 Å². The van der Waals surface area contributed by atoms with Crippen molar-refractivity contribution in [1.29, 1.82) is 0 Å². The Morgan fingerprint density at radius 2 is 1.83 bits per heavy atom. The van der Waals surface area contributed by atoms with Crippen molar-refractivity contribution in [3.8, 4) is 11.5 Å². The first kappa shape index (κ1) is 17.1. The molecule has 132 valence electrons. The van der Waals surface area contributed by atoms with Gasteiger partial charge >= 0.3 is 0 Å². The van der Waals surface area contributed by atoms with Crippen LogP contribution in [0, 0.1) is 11.8 Å². The van der Waals surface area contributed by atoms with Gasteiger partial charge < -0.3 is 14.8 Å². The maximum Gasteiger partial charge on any atom is 0.220 e. The molecule has 2 saturated carbocycles. The molecule has 1 amide bonds. The summed E-state index contributed by atoms with van der Waals surface area (Å²) < 4.78 is 10.8. The quantitative estimate of drug-likeness (QED) is 0.770. The number of carbonyl (C=O) groups excluding carboxylic acids is 1. The summed E-state index contributed by atoms with van der Waals surface area (Å²) >= 11 is 0. The van der Waals surface area contributed by atoms with Crippen LogP contribution in [0.1, 0.15) is 51.4 Å². The van der Waals surface area contributed by atoms with Gasteiger partial charge in [-0.2, -0.15) is 0 Å². The van der Waals surface area contributed by atoms with Crippen molar-refractivity contribution in [2.24, 2.45) is 11.8 Å². The van der Waals surface area contributed by atoms with E-state index in [4.69, 9.17) is 9.47 Å². The minimum absolute atomic E-state index is 0.176. The van der Waals surface area contributed by atoms with Gasteiger partial charge in [0.05, 0.1) is 13.7 Å². The Labute approximate surface area is 144 Å². The van der Waals surface area contributed by atoms with Crippen molar-refractivity contribution in [2.45, 2.75) is 57.4 Å². The van der Waals surface area contributed by atoms with Crippen LogP contribution in [0.2, 0.25) is 0 Å². The van der Waals surface area contributed by atoms with E-state index in [0.717, 1.165) is 36.2 Å². The Morgan fingerprint density at radius 3 is 2.62 bits per heavy atom. The molecule has 4 nitrogen and oxygen atoms in total. The van der Waals surface area contributed by atoms with Crippen LogP contribution in [-0.4, -0.2) is 25.7 Å². The van der Waals surface area contributed by atoms with Gasteiger partial charge in [0, 0.05) is 12.5 Å². The molecule has 1 N–H and O–H groups in total. The molecule has 0 saturated heterocycles. The molecule has 0 radical (unpaired) electrons. The molecule has 1 aromatic rings. The summed E-state index contributed by atoms with van der Waals surface area (Å²) in [6.45, 7) is 0.565. The van der Waals surface area contributed by atoms with Gasteiger partial charge in [0.2, 0.25) is 5.91 Å². The summed E-state index contributed by atoms with van der Waals surface area (Å²) in [5.41, 5.74) is 0. The van der Waals surface area contributed by atoms with Crippen LogP contribution in [0.15, 0.2) is 24.3 Å². The van der Waals surface area contributed by atoms with Gasteiger partial charge in [0.15, 0.2) is 0 Å². The van der Waals surface area contributed by atoms with Crippen LogP contribution in [0.25, 0.3) is 0 Å². The van der Waals surface area contributed by atoms with Crippen LogP contribution in [0.5, 0.6) is 11.5 Å². The molecule has 3 rings (SSSR count). The lowest BCUT2D eigenvalue weighted by Gasteiger charge is -2.32. The number of amides is 1. The van der Waals surface area contributed by atoms with Gasteiger partial charge in [-0.15, -0.1) is 0 Å². The van der Waals surface area contributed by atoms with Crippen LogP contribution < -0.4 is 14.8 Å². The van der Waals surface area contributed by atoms with Crippen molar-refractivity contribution in [1.82, 2.24) is 5.32 Å². The van der Waals surface area contributed by atoms with E-state index in [2.05, 4.69) is 5.32 Å². The minimum Gasteiger partial charge on any atom is -0.497 e. The zero-order valence-electron chi connectivity index (χ0n) is 14.6. The lowest BCUT2D eigenvalue weighted by atomic mass is 9.79. The standard InChI is InChI=1S/C20H29NO3/c1-23-18-9-11-19(12-10-18)24-13-3-6-20(22)21-17-8-7-15-4-2-5-16(15)14-17/h9-12,15-17H,2-8,13-14H2,1H3,(H,21,22)/t15-,16+,17-/m1/s1. The lowest BCUT2D eigenvalue weighted by molar-refractivity contribution is -0.122. The van der Waals surface area contributed by atoms with Crippen LogP contribution in [-0.2, 0) is 4.79 Å². The maximum atomic E-state index is 12.1. The van der Waals surface area contributed by atoms with E-state index in [1.165, 1.54) is 32.1 Å². The summed E-state index contributed by atoms with van der Waals surface area (Å²) in [7, 11) is 1.65. The second kappa shape index (κ2) is 8.41. The molecule has 1 aromatic carbocycles. The number of ether oxygens (including phenoxy) is 2. The maximum absolute atomic E-state index is 12.1. The molecular weight excluding hydrogens is 302 g/mol. The van der Waals surface area contributed by atoms with Crippen molar-refractivity contribution in [3.05, 3.63) is 24.3 Å². The Hall–Kier alpha value is -1.71. The third kappa shape index (κ3) is 4.65. The highest BCUT2D eigenvalue weighted by molar-refractivity contribution is 5.76. The Morgan fingerprint density at radius 1 is 1.08 bits per heavy atom. The molecule has 0 aliphatic heterocycles. The van der Waals surface area contributed by atoms with E-state index in [1.807, 2.05) is 24.3 Å². The fourth-order valence-electron chi connectivity index (χ4n) is 4.23. The fourth-order valence-corrected chi connectivity index (χ4v) is 4.23. The van der Waals surface area contributed by atoms with E-state index < -0.39 is 0 Å². The predicted octanol–water partition coefficient (Wildman–Crippen LogP) is 3.94. The van der Waals surface area contributed by atoms with Crippen molar-refractivity contribution < 1.29 is 14.3 Å². The molecule has 0 heterocycles. The molecule has 0 aromatic heterocycles. The SMILES string of the molecule is COc1ccc(OCCCC(=O)N[C@@H]2CC[C@H]3CCC[C@H]3C2)cc1. The zero-order valence-corrected chi connectivity index (χ0v) is 14.6. The van der Waals surface area contributed by atoms with Gasteiger partial charge in [-0.1, -0.05) is 19.3 Å². The van der Waals surface area contributed by atoms with Crippen LogP contribution in [0.3, 0.4) is 0 Å². The number of nitrogens with one attached hydrogen (secondary N) is 1. The molecule has 2 aliphatic carbocycles. The first-order valence-electron chi connectivity index (χ1n) is 9.31. The summed E-state index contributed by atoms with van der Waals surface area (Å²) in [5.74, 6) is 3.61. The lowest BCUT2D eigenvalue weighted by Crippen LogP contribution is -2.39. The summed E-state index contributed by atoms with van der Waals surface area (Å²) in [6, 6.07) is 7.93. The normalized spacial score (nSPS) is 25.8. The number of rotatable bonds is 7. The molecule has 2 fully saturated rings. The first-order chi connectivity index (χ1) is 11.7. The van der Waals surface area contributed by atoms with Gasteiger partial charge in [-0.3, -0.25) is 4.79 Å². The highest BCUT2D eigenvalue weighted by Crippen LogP contribution is 2.42. The van der Waals surface area contributed by atoms with E-state index in [9.17, 15) is 4.79 Å². The topological polar surface area (TPSA) is 47.6 Å². The monoisotopic (exact) mass is 331 g/mol. The molecule has 24 heavy (non-hydrogen) atoms. The van der Waals surface area contributed by atoms with Gasteiger partial charge in [0.25, 0.3) is 0 Å². The second-order valence-corrected chi connectivity index (χ2v) is 7.16. The van der Waals surface area contributed by atoms with E-state index in [-0.39, 0.29) is 5.91 Å². The van der Waals surface area contributed by atoms with Crippen LogP contribution in [0.4, 0.5) is 0 Å². The molecular formula is C20H29NO3. The average molecular weight is 331 g/mol. The summed E-state index contributed by atoms with van der Waals surface area (Å²) in [5, 5.41) is 3.23. The highest BCUT2D eigenvalue weighted by atomic mass is 16.5. The zero-order chi connectivity index (χ0) is 16.8. The smallest absolute Gasteiger partial charge is 0.220 e. The average Bonchev–Trinajstić information content (AvgIpc) is 3.07. The molecule has 4 heteroatoms. The summed E-state index contributed by atoms with van der Waals surface area (Å²) in [6.07, 6.45) is 9.11. The molecule has 0 bridgehead atoms. The molecule has 0 spiro atoms. The fraction of sp³-hybridized carbons (Fsp3) is 0.650. The minimum atomic E-state index is 0.176. The van der Waals surface area contributed by atoms with Gasteiger partial charge in [-0.25, -0.2) is 0 Å². The molecule has 3 atom stereocenters. The van der Waals surface area contributed by atoms with Crippen molar-refractivity contribution in [2.75, 3.05) is 13.7 Å². The number of carbonyl (C=O) groups is 1. The third-order valence-corrected chi connectivity index (χ3v) is 5.53. The third-order valence-electron chi connectivity index (χ3n) is 5.53. The predicted molar refractivity (Wildman–Crippen MR) is 94.3 cm³/mol. The van der Waals surface area contributed by atoms with E-state index in [1.54, 1.807) is 7.11 Å². The number of hydrogen-bond acceptors (Lipinski definition) is 3. The first-order valence-corrected chi connectivity index (χ1v) is 9.31. The number of methoxy groups -OCH3 is 1. The Bertz CT molecular complexity index is 528. The molecule has 0 unspecified atom stereocenters. The van der Waals surface area contributed by atoms with Crippen molar-refractivity contribution >= 4 is 5.91 Å². The van der Waals surface area contributed by atoms with Gasteiger partial charge in [-0.05, 0) is 61.8 Å². The van der Waals surface area contributed by atoms with Gasteiger partial charge in [0.1, 0.15) is 11.5 Å². The van der Waals surface area contributed by atoms with Crippen molar-refractivity contribution in [3.63, 3.8) is 0 Å². The Kier molecular flexibility index (Phi) is 6.00. The number of fused-ring (bicyclic) bond motifs is 1. The number of hydrogen-bond donors (Lipinski definition) is 1. The highest BCUT2D eigenvalue weighted by Gasteiger charge is 2.34. The molecule has 2 aliphatic rings. The largest absolute Gasteiger partial charge is 0.497 e. The number of benzene rings is 1. The van der Waals surface area contributed by atoms with E-state index >= 15 is 0 Å².